The summed E-state index contributed by atoms with van der Waals surface area (Å²) >= 11 is 0. The predicted octanol–water partition coefficient (Wildman–Crippen LogP) is 3.23. The average Bonchev–Trinajstić information content (AvgIpc) is 3.64. The summed E-state index contributed by atoms with van der Waals surface area (Å²) in [6.45, 7) is 3.20. The molecule has 10 nitrogen and oxygen atoms in total. The molecular formula is C30H30FN5O5. The maximum Gasteiger partial charge on any atom is 0.251 e. The second-order valence-corrected chi connectivity index (χ2v) is 9.70. The highest BCUT2D eigenvalue weighted by Gasteiger charge is 2.30. The van der Waals surface area contributed by atoms with E-state index in [0.29, 0.717) is 37.2 Å². The third-order valence-corrected chi connectivity index (χ3v) is 6.94. The van der Waals surface area contributed by atoms with Crippen LogP contribution in [0.3, 0.4) is 0 Å². The Morgan fingerprint density at radius 3 is 2.24 bits per heavy atom. The number of nitrogens with one attached hydrogen (secondary N) is 4. The molecule has 41 heavy (non-hydrogen) atoms. The van der Waals surface area contributed by atoms with Gasteiger partial charge in [-0.05, 0) is 48.9 Å². The van der Waals surface area contributed by atoms with E-state index < -0.39 is 11.6 Å². The largest absolute Gasteiger partial charge is 0.494 e. The van der Waals surface area contributed by atoms with E-state index in [1.807, 2.05) is 6.92 Å². The fraction of sp³-hybridized carbons (Fsp3) is 0.267. The number of amides is 2. The van der Waals surface area contributed by atoms with Gasteiger partial charge in [-0.15, -0.1) is 0 Å². The third-order valence-electron chi connectivity index (χ3n) is 6.94. The number of carbonyl (C=O) groups excluding carboxylic acids is 3. The molecule has 3 aromatic carbocycles. The summed E-state index contributed by atoms with van der Waals surface area (Å²) in [5, 5.41) is 16.8. The smallest absolute Gasteiger partial charge is 0.251 e. The van der Waals surface area contributed by atoms with Crippen molar-refractivity contribution in [1.82, 2.24) is 26.1 Å². The zero-order valence-electron chi connectivity index (χ0n) is 22.6. The summed E-state index contributed by atoms with van der Waals surface area (Å²) < 4.78 is 25.7. The topological polar surface area (TPSA) is 134 Å². The van der Waals surface area contributed by atoms with Crippen LogP contribution in [0.4, 0.5) is 4.39 Å². The lowest BCUT2D eigenvalue weighted by Crippen LogP contribution is -2.51. The lowest BCUT2D eigenvalue weighted by molar-refractivity contribution is 0.0896. The Balaban J connectivity index is 1.26. The number of aromatic nitrogens is 2. The zero-order valence-corrected chi connectivity index (χ0v) is 22.6. The van der Waals surface area contributed by atoms with Crippen LogP contribution in [0.15, 0.2) is 60.8 Å². The summed E-state index contributed by atoms with van der Waals surface area (Å²) in [6, 6.07) is 13.4. The highest BCUT2D eigenvalue weighted by atomic mass is 19.1. The van der Waals surface area contributed by atoms with Crippen LogP contribution >= 0.6 is 0 Å². The number of hydrogen-bond acceptors (Lipinski definition) is 7. The first-order valence-electron chi connectivity index (χ1n) is 13.3. The van der Waals surface area contributed by atoms with E-state index in [2.05, 4.69) is 26.1 Å². The molecule has 2 amide bonds. The Hall–Kier alpha value is -4.77. The maximum absolute atomic E-state index is 15.1. The molecule has 1 aromatic heterocycles. The zero-order chi connectivity index (χ0) is 28.9. The Kier molecular flexibility index (Phi) is 8.25. The number of fused-ring (bicyclic) bond motifs is 1. The predicted molar refractivity (Wildman–Crippen MR) is 150 cm³/mol. The number of halogens is 1. The quantitative estimate of drug-likeness (QED) is 0.219. The summed E-state index contributed by atoms with van der Waals surface area (Å²) in [7, 11) is 1.32. The summed E-state index contributed by atoms with van der Waals surface area (Å²) in [4.78, 5) is 39.2. The molecule has 1 fully saturated rings. The van der Waals surface area contributed by atoms with Gasteiger partial charge < -0.3 is 25.4 Å². The number of methoxy groups -OCH3 is 1. The molecule has 11 heteroatoms. The first kappa shape index (κ1) is 27.8. The van der Waals surface area contributed by atoms with Crippen molar-refractivity contribution < 1.29 is 28.2 Å². The van der Waals surface area contributed by atoms with Crippen LogP contribution in [-0.4, -0.2) is 66.7 Å². The molecule has 4 N–H and O–H groups in total. The molecule has 0 unspecified atom stereocenters. The number of nitrogens with zero attached hydrogens (tertiary/aromatic N) is 1. The second kappa shape index (κ2) is 12.2. The number of H-pyrrole nitrogens is 1. The van der Waals surface area contributed by atoms with Gasteiger partial charge in [0, 0.05) is 35.2 Å². The summed E-state index contributed by atoms with van der Waals surface area (Å²) in [6.07, 6.45) is 2.34. The van der Waals surface area contributed by atoms with E-state index in [0.717, 1.165) is 10.9 Å². The van der Waals surface area contributed by atoms with Crippen LogP contribution in [0.25, 0.3) is 10.9 Å². The fourth-order valence-corrected chi connectivity index (χ4v) is 4.73. The first-order valence-corrected chi connectivity index (χ1v) is 13.3. The van der Waals surface area contributed by atoms with Gasteiger partial charge in [0.1, 0.15) is 11.3 Å². The van der Waals surface area contributed by atoms with Crippen molar-refractivity contribution in [2.45, 2.75) is 25.4 Å². The van der Waals surface area contributed by atoms with Crippen LogP contribution in [0.1, 0.15) is 50.0 Å². The summed E-state index contributed by atoms with van der Waals surface area (Å²) in [5.74, 6) is -1.95. The lowest BCUT2D eigenvalue weighted by Gasteiger charge is -2.21. The SMILES string of the molecule is CCCOc1ccc(OC)c(F)c1C(=O)c1ccc(C(=O)N[C@@H]2CNC[C@H]2NC(=O)c2ccc3[nH]ncc3c2)cc1. The minimum atomic E-state index is -0.806. The first-order chi connectivity index (χ1) is 19.9. The molecule has 212 valence electrons. The van der Waals surface area contributed by atoms with Crippen molar-refractivity contribution in [3.8, 4) is 11.5 Å². The standard InChI is InChI=1S/C30H30FN5O5/c1-3-12-41-24-10-11-25(40-2)27(31)26(24)28(37)17-4-6-18(7-5-17)29(38)34-22-15-32-16-23(22)35-30(39)19-8-9-21-20(13-19)14-33-36-21/h4-11,13-14,22-23,32H,3,12,15-16H2,1-2H3,(H,33,36)(H,34,38)(H,35,39)/t22-,23-/m1/s1. The number of ether oxygens (including phenoxy) is 2. The minimum Gasteiger partial charge on any atom is -0.494 e. The van der Waals surface area contributed by atoms with Crippen molar-refractivity contribution in [3.63, 3.8) is 0 Å². The highest BCUT2D eigenvalue weighted by Crippen LogP contribution is 2.31. The van der Waals surface area contributed by atoms with Crippen molar-refractivity contribution >= 4 is 28.5 Å². The average molecular weight is 560 g/mol. The van der Waals surface area contributed by atoms with Gasteiger partial charge in [-0.3, -0.25) is 19.5 Å². The van der Waals surface area contributed by atoms with Crippen LogP contribution < -0.4 is 25.4 Å². The van der Waals surface area contributed by atoms with Gasteiger partial charge in [0.05, 0.1) is 37.5 Å². The van der Waals surface area contributed by atoms with Gasteiger partial charge in [0.2, 0.25) is 0 Å². The number of hydrogen-bond donors (Lipinski definition) is 4. The minimum absolute atomic E-state index is 0.0676. The van der Waals surface area contributed by atoms with Crippen LogP contribution in [0.5, 0.6) is 11.5 Å². The van der Waals surface area contributed by atoms with Gasteiger partial charge in [-0.25, -0.2) is 4.39 Å². The number of rotatable bonds is 10. The molecule has 0 bridgehead atoms. The number of benzene rings is 3. The van der Waals surface area contributed by atoms with Crippen molar-refractivity contribution in [1.29, 1.82) is 0 Å². The maximum atomic E-state index is 15.1. The molecular weight excluding hydrogens is 529 g/mol. The van der Waals surface area contributed by atoms with Crippen molar-refractivity contribution in [2.75, 3.05) is 26.8 Å². The molecule has 0 saturated carbocycles. The van der Waals surface area contributed by atoms with E-state index in [1.54, 1.807) is 24.4 Å². The van der Waals surface area contributed by atoms with E-state index in [-0.39, 0.29) is 46.5 Å². The molecule has 1 saturated heterocycles. The van der Waals surface area contributed by atoms with E-state index in [4.69, 9.17) is 9.47 Å². The van der Waals surface area contributed by atoms with E-state index in [1.165, 1.54) is 43.5 Å². The Labute approximate surface area is 235 Å². The van der Waals surface area contributed by atoms with Crippen molar-refractivity contribution in [2.24, 2.45) is 0 Å². The molecule has 0 radical (unpaired) electrons. The Morgan fingerprint density at radius 2 is 1.56 bits per heavy atom. The molecule has 0 aliphatic carbocycles. The molecule has 1 aliphatic rings. The van der Waals surface area contributed by atoms with E-state index >= 15 is 4.39 Å². The van der Waals surface area contributed by atoms with Gasteiger partial charge in [-0.2, -0.15) is 5.10 Å². The lowest BCUT2D eigenvalue weighted by atomic mass is 10.00. The molecule has 0 spiro atoms. The molecule has 2 heterocycles. The highest BCUT2D eigenvalue weighted by molar-refractivity contribution is 6.11. The molecule has 5 rings (SSSR count). The van der Waals surface area contributed by atoms with Gasteiger partial charge in [-0.1, -0.05) is 19.1 Å². The van der Waals surface area contributed by atoms with Crippen LogP contribution in [-0.2, 0) is 0 Å². The Bertz CT molecular complexity index is 1590. The third kappa shape index (κ3) is 5.90. The molecule has 1 aliphatic heterocycles. The van der Waals surface area contributed by atoms with E-state index in [9.17, 15) is 14.4 Å². The molecule has 4 aromatic rings. The van der Waals surface area contributed by atoms with Crippen LogP contribution in [0, 0.1) is 5.82 Å². The molecule has 2 atom stereocenters. The normalized spacial score (nSPS) is 16.4. The van der Waals surface area contributed by atoms with Gasteiger partial charge in [0.15, 0.2) is 17.3 Å². The van der Waals surface area contributed by atoms with Gasteiger partial charge in [0.25, 0.3) is 11.8 Å². The van der Waals surface area contributed by atoms with Crippen LogP contribution in [0.2, 0.25) is 0 Å². The number of carbonyl (C=O) groups is 3. The van der Waals surface area contributed by atoms with Crippen molar-refractivity contribution in [3.05, 3.63) is 88.9 Å². The second-order valence-electron chi connectivity index (χ2n) is 9.70. The fourth-order valence-electron chi connectivity index (χ4n) is 4.73. The Morgan fingerprint density at radius 1 is 0.927 bits per heavy atom. The monoisotopic (exact) mass is 559 g/mol. The van der Waals surface area contributed by atoms with Gasteiger partial charge >= 0.3 is 0 Å². The number of ketones is 1. The number of aromatic amines is 1. The summed E-state index contributed by atoms with van der Waals surface area (Å²) in [5.41, 5.74) is 1.61.